The third kappa shape index (κ3) is 3.94. The number of benzene rings is 1. The molecule has 0 amide bonds. The summed E-state index contributed by atoms with van der Waals surface area (Å²) in [5.41, 5.74) is -2.46. The second kappa shape index (κ2) is 5.19. The van der Waals surface area contributed by atoms with Crippen LogP contribution in [0.15, 0.2) is 23.1 Å². The van der Waals surface area contributed by atoms with Crippen LogP contribution in [0.25, 0.3) is 0 Å². The number of halogens is 1. The standard InChI is InChI=1S/C10H13FN2O5S/c1-10(2,14)6-12-19(17,18)8-5-3-4-7(11)9(8)13(15)16/h3-5,12,14H,6H2,1-2H3. The maximum absolute atomic E-state index is 13.3. The number of hydrogen-bond acceptors (Lipinski definition) is 5. The third-order valence-electron chi connectivity index (χ3n) is 2.12. The van der Waals surface area contributed by atoms with Crippen LogP contribution in [0.1, 0.15) is 13.8 Å². The summed E-state index contributed by atoms with van der Waals surface area (Å²) >= 11 is 0. The number of nitrogens with zero attached hydrogens (tertiary/aromatic N) is 1. The van der Waals surface area contributed by atoms with E-state index < -0.39 is 36.9 Å². The molecule has 0 radical (unpaired) electrons. The number of nitro benzene ring substituents is 1. The van der Waals surface area contributed by atoms with Crippen molar-refractivity contribution in [1.29, 1.82) is 0 Å². The average Bonchev–Trinajstić information content (AvgIpc) is 2.25. The van der Waals surface area contributed by atoms with Gasteiger partial charge in [0.05, 0.1) is 10.5 Å². The molecule has 2 N–H and O–H groups in total. The monoisotopic (exact) mass is 292 g/mol. The van der Waals surface area contributed by atoms with Crippen molar-refractivity contribution in [2.45, 2.75) is 24.3 Å². The molecule has 1 rings (SSSR count). The molecule has 0 saturated carbocycles. The van der Waals surface area contributed by atoms with Gasteiger partial charge in [-0.25, -0.2) is 13.1 Å². The van der Waals surface area contributed by atoms with E-state index in [1.807, 2.05) is 4.72 Å². The molecule has 19 heavy (non-hydrogen) atoms. The van der Waals surface area contributed by atoms with Gasteiger partial charge >= 0.3 is 5.69 Å². The van der Waals surface area contributed by atoms with Crippen molar-refractivity contribution in [2.24, 2.45) is 0 Å². The molecule has 7 nitrogen and oxygen atoms in total. The lowest BCUT2D eigenvalue weighted by Gasteiger charge is -2.17. The van der Waals surface area contributed by atoms with Crippen LogP contribution in [0, 0.1) is 15.9 Å². The minimum atomic E-state index is -4.28. The Balaban J connectivity index is 3.23. The number of rotatable bonds is 5. The van der Waals surface area contributed by atoms with Crippen LogP contribution in [-0.4, -0.2) is 30.6 Å². The van der Waals surface area contributed by atoms with Crippen LogP contribution < -0.4 is 4.72 Å². The van der Waals surface area contributed by atoms with Gasteiger partial charge < -0.3 is 5.11 Å². The van der Waals surface area contributed by atoms with Crippen LogP contribution in [0.5, 0.6) is 0 Å². The van der Waals surface area contributed by atoms with Gasteiger partial charge in [0.1, 0.15) is 0 Å². The molecule has 0 atom stereocenters. The number of hydrogen-bond donors (Lipinski definition) is 2. The first-order valence-electron chi connectivity index (χ1n) is 5.19. The predicted octanol–water partition coefficient (Wildman–Crippen LogP) is 0.783. The molecule has 0 aliphatic rings. The van der Waals surface area contributed by atoms with E-state index in [-0.39, 0.29) is 6.54 Å². The van der Waals surface area contributed by atoms with Crippen molar-refractivity contribution >= 4 is 15.7 Å². The fraction of sp³-hybridized carbons (Fsp3) is 0.400. The van der Waals surface area contributed by atoms with Gasteiger partial charge in [-0.05, 0) is 26.0 Å². The zero-order valence-electron chi connectivity index (χ0n) is 10.3. The minimum Gasteiger partial charge on any atom is -0.389 e. The molecule has 1 aromatic carbocycles. The molecule has 0 heterocycles. The molecular weight excluding hydrogens is 279 g/mol. The lowest BCUT2D eigenvalue weighted by Crippen LogP contribution is -2.38. The quantitative estimate of drug-likeness (QED) is 0.615. The van der Waals surface area contributed by atoms with Gasteiger partial charge in [0.2, 0.25) is 15.8 Å². The van der Waals surface area contributed by atoms with Gasteiger partial charge in [-0.2, -0.15) is 4.39 Å². The second-order valence-corrected chi connectivity index (χ2v) is 6.22. The number of sulfonamides is 1. The lowest BCUT2D eigenvalue weighted by molar-refractivity contribution is -0.390. The van der Waals surface area contributed by atoms with Gasteiger partial charge in [0, 0.05) is 6.54 Å². The molecule has 0 bridgehead atoms. The molecule has 9 heteroatoms. The molecule has 0 spiro atoms. The summed E-state index contributed by atoms with van der Waals surface area (Å²) in [7, 11) is -4.28. The van der Waals surface area contributed by atoms with Crippen molar-refractivity contribution in [3.8, 4) is 0 Å². The zero-order valence-corrected chi connectivity index (χ0v) is 11.1. The Morgan fingerprint density at radius 1 is 1.47 bits per heavy atom. The third-order valence-corrected chi connectivity index (χ3v) is 3.55. The van der Waals surface area contributed by atoms with Crippen molar-refractivity contribution in [1.82, 2.24) is 4.72 Å². The summed E-state index contributed by atoms with van der Waals surface area (Å²) in [6.07, 6.45) is 0. The lowest BCUT2D eigenvalue weighted by atomic mass is 10.1. The molecule has 0 unspecified atom stereocenters. The minimum absolute atomic E-state index is 0.358. The summed E-state index contributed by atoms with van der Waals surface area (Å²) in [5.74, 6) is -1.24. The Morgan fingerprint density at radius 2 is 2.05 bits per heavy atom. The first-order chi connectivity index (χ1) is 8.54. The van der Waals surface area contributed by atoms with Gasteiger partial charge in [-0.15, -0.1) is 0 Å². The average molecular weight is 292 g/mol. The van der Waals surface area contributed by atoms with Gasteiger partial charge in [0.25, 0.3) is 0 Å². The van der Waals surface area contributed by atoms with Gasteiger partial charge in [-0.1, -0.05) is 6.07 Å². The topological polar surface area (TPSA) is 110 Å². The second-order valence-electron chi connectivity index (χ2n) is 4.48. The normalized spacial score (nSPS) is 12.4. The van der Waals surface area contributed by atoms with Gasteiger partial charge in [-0.3, -0.25) is 10.1 Å². The van der Waals surface area contributed by atoms with Crippen molar-refractivity contribution < 1.29 is 22.8 Å². The Labute approximate surface area is 109 Å². The molecule has 0 aromatic heterocycles. The van der Waals surface area contributed by atoms with E-state index in [1.54, 1.807) is 0 Å². The first-order valence-corrected chi connectivity index (χ1v) is 6.68. The van der Waals surface area contributed by atoms with Crippen LogP contribution in [-0.2, 0) is 10.0 Å². The molecule has 1 aromatic rings. The van der Waals surface area contributed by atoms with E-state index in [4.69, 9.17) is 0 Å². The van der Waals surface area contributed by atoms with E-state index in [1.165, 1.54) is 13.8 Å². The van der Waals surface area contributed by atoms with E-state index >= 15 is 0 Å². The predicted molar refractivity (Wildman–Crippen MR) is 64.5 cm³/mol. The molecule has 106 valence electrons. The van der Waals surface area contributed by atoms with Crippen molar-refractivity contribution in [3.63, 3.8) is 0 Å². The highest BCUT2D eigenvalue weighted by Crippen LogP contribution is 2.26. The fourth-order valence-corrected chi connectivity index (χ4v) is 2.62. The van der Waals surface area contributed by atoms with Crippen molar-refractivity contribution in [3.05, 3.63) is 34.1 Å². The van der Waals surface area contributed by atoms with E-state index in [0.29, 0.717) is 0 Å². The summed E-state index contributed by atoms with van der Waals surface area (Å²) < 4.78 is 39.0. The molecule has 0 fully saturated rings. The van der Waals surface area contributed by atoms with Crippen LogP contribution >= 0.6 is 0 Å². The highest BCUT2D eigenvalue weighted by atomic mass is 32.2. The highest BCUT2D eigenvalue weighted by Gasteiger charge is 2.30. The van der Waals surface area contributed by atoms with Crippen LogP contribution in [0.3, 0.4) is 0 Å². The maximum Gasteiger partial charge on any atom is 0.324 e. The summed E-state index contributed by atoms with van der Waals surface area (Å²) in [5, 5.41) is 20.1. The number of para-hydroxylation sites is 1. The summed E-state index contributed by atoms with van der Waals surface area (Å²) in [6.45, 7) is 2.36. The fourth-order valence-electron chi connectivity index (χ4n) is 1.24. The smallest absolute Gasteiger partial charge is 0.324 e. The SMILES string of the molecule is CC(C)(O)CNS(=O)(=O)c1cccc(F)c1[N+](=O)[O-]. The van der Waals surface area contributed by atoms with E-state index in [9.17, 15) is 28.0 Å². The van der Waals surface area contributed by atoms with Crippen molar-refractivity contribution in [2.75, 3.05) is 6.54 Å². The highest BCUT2D eigenvalue weighted by molar-refractivity contribution is 7.89. The van der Waals surface area contributed by atoms with Gasteiger partial charge in [0.15, 0.2) is 4.90 Å². The Kier molecular flexibility index (Phi) is 4.23. The molecule has 0 aliphatic heterocycles. The van der Waals surface area contributed by atoms with E-state index in [2.05, 4.69) is 0 Å². The molecular formula is C10H13FN2O5S. The Bertz CT molecular complexity index is 594. The molecule has 0 aliphatic carbocycles. The van der Waals surface area contributed by atoms with E-state index in [0.717, 1.165) is 18.2 Å². The summed E-state index contributed by atoms with van der Waals surface area (Å²) in [6, 6.07) is 2.78. The number of nitrogens with one attached hydrogen (secondary N) is 1. The largest absolute Gasteiger partial charge is 0.389 e. The molecule has 0 saturated heterocycles. The Morgan fingerprint density at radius 3 is 2.53 bits per heavy atom. The van der Waals surface area contributed by atoms with Crippen LogP contribution in [0.2, 0.25) is 0 Å². The number of nitro groups is 1. The summed E-state index contributed by atoms with van der Waals surface area (Å²) in [4.78, 5) is 8.84. The Hall–Kier alpha value is -1.58. The van der Waals surface area contributed by atoms with Crippen LogP contribution in [0.4, 0.5) is 10.1 Å². The zero-order chi connectivity index (χ0) is 14.8. The maximum atomic E-state index is 13.3. The number of aliphatic hydroxyl groups is 1. The first kappa shape index (κ1) is 15.5.